The smallest absolute Gasteiger partial charge is 0.312 e. The molecule has 1 fully saturated rings. The quantitative estimate of drug-likeness (QED) is 0.800. The molecular weight excluding hydrogens is 341 g/mol. The summed E-state index contributed by atoms with van der Waals surface area (Å²) in [7, 11) is 0.920. The number of H-pyrrole nitrogens is 1. The Labute approximate surface area is 139 Å². The number of carbonyl (C=O) groups is 2. The molecule has 3 rings (SSSR count). The van der Waals surface area contributed by atoms with Crippen molar-refractivity contribution in [2.75, 3.05) is 7.05 Å². The number of nitrogens with one attached hydrogen (secondary N) is 2. The fourth-order valence-corrected chi connectivity index (χ4v) is 2.89. The average molecular weight is 354 g/mol. The van der Waals surface area contributed by atoms with Crippen LogP contribution in [-0.4, -0.2) is 39.8 Å². The summed E-state index contributed by atoms with van der Waals surface area (Å²) >= 11 is 0. The molecule has 0 aliphatic carbocycles. The Morgan fingerprint density at radius 1 is 1.08 bits per heavy atom. The molecule has 0 bridgehead atoms. The number of carbonyl (C=O) groups excluding carboxylic acids is 2. The summed E-state index contributed by atoms with van der Waals surface area (Å²) in [5.74, 6) is -1.55. The third-order valence-electron chi connectivity index (χ3n) is 4.11. The molecule has 132 valence electrons. The molecule has 3 amide bonds. The van der Waals surface area contributed by atoms with E-state index in [1.54, 1.807) is 23.5 Å². The van der Waals surface area contributed by atoms with Gasteiger partial charge in [-0.15, -0.1) is 0 Å². The van der Waals surface area contributed by atoms with Gasteiger partial charge in [-0.05, 0) is 19.1 Å². The Morgan fingerprint density at radius 3 is 2.16 bits per heavy atom. The first kappa shape index (κ1) is 16.8. The van der Waals surface area contributed by atoms with E-state index in [0.29, 0.717) is 10.6 Å². The minimum absolute atomic E-state index is 0.171. The maximum atomic E-state index is 13.8. The number of alkyl halides is 3. The Kier molecular flexibility index (Phi) is 3.52. The van der Waals surface area contributed by atoms with Gasteiger partial charge in [-0.1, -0.05) is 18.2 Å². The lowest BCUT2D eigenvalue weighted by Gasteiger charge is -2.27. The number of nitrogens with zero attached hydrogens (tertiary/aromatic N) is 2. The van der Waals surface area contributed by atoms with Crippen LogP contribution in [0.4, 0.5) is 18.0 Å². The lowest BCUT2D eigenvalue weighted by atomic mass is 9.89. The first-order valence-electron chi connectivity index (χ1n) is 7.16. The first-order valence-corrected chi connectivity index (χ1v) is 7.16. The summed E-state index contributed by atoms with van der Waals surface area (Å²) in [5, 5.41) is 4.18. The van der Waals surface area contributed by atoms with Crippen LogP contribution in [0.5, 0.6) is 0 Å². The van der Waals surface area contributed by atoms with Gasteiger partial charge in [0.05, 0.1) is 11.3 Å². The van der Waals surface area contributed by atoms with Gasteiger partial charge in [-0.2, -0.15) is 13.2 Å². The minimum Gasteiger partial charge on any atom is -0.312 e. The van der Waals surface area contributed by atoms with Gasteiger partial charge in [-0.3, -0.25) is 19.6 Å². The Bertz CT molecular complexity index is 916. The largest absolute Gasteiger partial charge is 0.425 e. The van der Waals surface area contributed by atoms with Crippen LogP contribution in [-0.2, 0) is 10.3 Å². The molecule has 7 nitrogen and oxygen atoms in total. The van der Waals surface area contributed by atoms with Gasteiger partial charge < -0.3 is 5.32 Å². The molecule has 1 aromatic heterocycles. The number of hydrogen-bond donors (Lipinski definition) is 2. The number of imide groups is 1. The Morgan fingerprint density at radius 2 is 1.68 bits per heavy atom. The highest BCUT2D eigenvalue weighted by molar-refractivity contribution is 6.07. The Hall–Kier alpha value is -3.04. The van der Waals surface area contributed by atoms with Crippen molar-refractivity contribution in [2.24, 2.45) is 0 Å². The van der Waals surface area contributed by atoms with E-state index in [0.717, 1.165) is 11.7 Å². The fourth-order valence-electron chi connectivity index (χ4n) is 2.89. The first-order chi connectivity index (χ1) is 11.6. The second kappa shape index (κ2) is 5.23. The lowest BCUT2D eigenvalue weighted by molar-refractivity contribution is -0.198. The zero-order valence-electron chi connectivity index (χ0n) is 13.1. The molecule has 1 atom stereocenters. The maximum absolute atomic E-state index is 13.8. The molecule has 1 aromatic carbocycles. The van der Waals surface area contributed by atoms with E-state index in [4.69, 9.17) is 0 Å². The second-order valence-electron chi connectivity index (χ2n) is 5.63. The number of likely N-dealkylation sites (N-methyl/N-ethyl adjacent to an activating group) is 1. The SMILES string of the molecule is Cc1[nH]n(-c2ccccc2)c(=O)c1C1(C(F)(F)F)NC(=O)N(C)C1=O. The summed E-state index contributed by atoms with van der Waals surface area (Å²) in [6.45, 7) is 1.24. The highest BCUT2D eigenvalue weighted by Gasteiger charge is 2.70. The van der Waals surface area contributed by atoms with Crippen molar-refractivity contribution >= 4 is 11.9 Å². The monoisotopic (exact) mass is 354 g/mol. The van der Waals surface area contributed by atoms with Gasteiger partial charge >= 0.3 is 12.2 Å². The molecule has 2 heterocycles. The molecule has 0 saturated carbocycles. The topological polar surface area (TPSA) is 87.2 Å². The number of amides is 3. The number of aryl methyl sites for hydroxylation is 1. The molecule has 1 unspecified atom stereocenters. The summed E-state index contributed by atoms with van der Waals surface area (Å²) < 4.78 is 42.4. The van der Waals surface area contributed by atoms with Gasteiger partial charge in [0.15, 0.2) is 0 Å². The highest BCUT2D eigenvalue weighted by Crippen LogP contribution is 2.42. The number of aromatic nitrogens is 2. The molecular formula is C15H13F3N4O3. The number of halogens is 3. The average Bonchev–Trinajstić information content (AvgIpc) is 2.97. The number of aromatic amines is 1. The second-order valence-corrected chi connectivity index (χ2v) is 5.63. The van der Waals surface area contributed by atoms with Crippen molar-refractivity contribution < 1.29 is 22.8 Å². The highest BCUT2D eigenvalue weighted by atomic mass is 19.4. The predicted octanol–water partition coefficient (Wildman–Crippen LogP) is 1.41. The van der Waals surface area contributed by atoms with E-state index in [1.165, 1.54) is 19.1 Å². The lowest BCUT2D eigenvalue weighted by Crippen LogP contribution is -2.58. The zero-order valence-corrected chi connectivity index (χ0v) is 13.1. The fraction of sp³-hybridized carbons (Fsp3) is 0.267. The standard InChI is InChI=1S/C15H13F3N4O3/c1-8-10(11(23)22(20-8)9-6-4-3-5-7-9)14(15(16,17)18)12(24)21(2)13(25)19-14/h3-7,20H,1-2H3,(H,19,25). The number of benzene rings is 1. The zero-order chi connectivity index (χ0) is 18.6. The number of para-hydroxylation sites is 1. The van der Waals surface area contributed by atoms with Crippen LogP contribution in [0.1, 0.15) is 11.3 Å². The van der Waals surface area contributed by atoms with Gasteiger partial charge in [0.1, 0.15) is 0 Å². The molecule has 25 heavy (non-hydrogen) atoms. The minimum atomic E-state index is -5.20. The predicted molar refractivity (Wildman–Crippen MR) is 80.2 cm³/mol. The van der Waals surface area contributed by atoms with Gasteiger partial charge in [0.25, 0.3) is 11.5 Å². The van der Waals surface area contributed by atoms with Gasteiger partial charge in [0.2, 0.25) is 5.54 Å². The van der Waals surface area contributed by atoms with Crippen LogP contribution in [0.3, 0.4) is 0 Å². The normalized spacial score (nSPS) is 20.9. The van der Waals surface area contributed by atoms with Crippen molar-refractivity contribution in [3.63, 3.8) is 0 Å². The van der Waals surface area contributed by atoms with Crippen LogP contribution < -0.4 is 10.9 Å². The van der Waals surface area contributed by atoms with E-state index in [2.05, 4.69) is 5.10 Å². The summed E-state index contributed by atoms with van der Waals surface area (Å²) in [5.41, 5.74) is -5.22. The van der Waals surface area contributed by atoms with Crippen molar-refractivity contribution in [2.45, 2.75) is 18.6 Å². The molecule has 1 aliphatic rings. The number of urea groups is 1. The summed E-state index contributed by atoms with van der Waals surface area (Å²) in [4.78, 5) is 37.0. The van der Waals surface area contributed by atoms with Crippen LogP contribution in [0, 0.1) is 6.92 Å². The van der Waals surface area contributed by atoms with Crippen LogP contribution in [0.2, 0.25) is 0 Å². The van der Waals surface area contributed by atoms with E-state index in [1.807, 2.05) is 0 Å². The molecule has 1 saturated heterocycles. The van der Waals surface area contributed by atoms with Gasteiger partial charge in [-0.25, -0.2) is 9.48 Å². The molecule has 2 aromatic rings. The summed E-state index contributed by atoms with van der Waals surface area (Å²) in [6, 6.07) is 6.69. The van der Waals surface area contributed by atoms with Gasteiger partial charge in [0, 0.05) is 12.7 Å². The van der Waals surface area contributed by atoms with Crippen LogP contribution >= 0.6 is 0 Å². The van der Waals surface area contributed by atoms with E-state index in [-0.39, 0.29) is 5.69 Å². The van der Waals surface area contributed by atoms with E-state index < -0.39 is 34.8 Å². The Balaban J connectivity index is 2.31. The number of hydrogen-bond acceptors (Lipinski definition) is 3. The van der Waals surface area contributed by atoms with E-state index in [9.17, 15) is 27.6 Å². The third-order valence-corrected chi connectivity index (χ3v) is 4.11. The van der Waals surface area contributed by atoms with Crippen LogP contribution in [0.25, 0.3) is 5.69 Å². The molecule has 10 heteroatoms. The van der Waals surface area contributed by atoms with Crippen LogP contribution in [0.15, 0.2) is 35.1 Å². The van der Waals surface area contributed by atoms with Crippen molar-refractivity contribution in [1.29, 1.82) is 0 Å². The summed E-state index contributed by atoms with van der Waals surface area (Å²) in [6.07, 6.45) is -5.20. The van der Waals surface area contributed by atoms with Crippen molar-refractivity contribution in [3.8, 4) is 5.69 Å². The molecule has 1 aliphatic heterocycles. The third kappa shape index (κ3) is 2.17. The number of rotatable bonds is 2. The van der Waals surface area contributed by atoms with Crippen molar-refractivity contribution in [3.05, 3.63) is 51.9 Å². The molecule has 0 spiro atoms. The van der Waals surface area contributed by atoms with Crippen molar-refractivity contribution in [1.82, 2.24) is 20.0 Å². The maximum Gasteiger partial charge on any atom is 0.425 e. The molecule has 2 N–H and O–H groups in total. The van der Waals surface area contributed by atoms with E-state index >= 15 is 0 Å². The molecule has 0 radical (unpaired) electrons.